The molecule has 0 aliphatic carbocycles. The van der Waals surface area contributed by atoms with E-state index in [4.69, 9.17) is 21.4 Å². The van der Waals surface area contributed by atoms with Gasteiger partial charge < -0.3 is 20.1 Å². The summed E-state index contributed by atoms with van der Waals surface area (Å²) in [5.41, 5.74) is 0. The van der Waals surface area contributed by atoms with Gasteiger partial charge in [-0.05, 0) is 12.1 Å². The van der Waals surface area contributed by atoms with E-state index in [0.29, 0.717) is 10.9 Å². The number of hydrogen-bond acceptors (Lipinski definition) is 4. The first-order chi connectivity index (χ1) is 9.02. The van der Waals surface area contributed by atoms with Crippen molar-refractivity contribution in [3.05, 3.63) is 21.3 Å². The Morgan fingerprint density at radius 1 is 1.53 bits per heavy atom. The van der Waals surface area contributed by atoms with E-state index in [-0.39, 0.29) is 19.7 Å². The number of carbonyl (C=O) groups excluding carboxylic acids is 1. The fraction of sp³-hybridized carbons (Fsp3) is 0.455. The number of carbonyl (C=O) groups is 2. The van der Waals surface area contributed by atoms with Crippen molar-refractivity contribution in [2.24, 2.45) is 0 Å². The Kier molecular flexibility index (Phi) is 6.61. The Morgan fingerprint density at radius 3 is 2.79 bits per heavy atom. The number of thiophene rings is 1. The Balaban J connectivity index is 2.48. The molecule has 1 heterocycles. The summed E-state index contributed by atoms with van der Waals surface area (Å²) in [4.78, 5) is 24.6. The first-order valence-electron chi connectivity index (χ1n) is 5.50. The first kappa shape index (κ1) is 15.7. The summed E-state index contributed by atoms with van der Waals surface area (Å²) >= 11 is 7.14. The Morgan fingerprint density at radius 2 is 2.26 bits per heavy atom. The Bertz CT molecular complexity index is 438. The van der Waals surface area contributed by atoms with E-state index in [2.05, 4.69) is 5.32 Å². The SMILES string of the molecule is COCCN(CC(=O)O)C(=O)NCc1ccc(Cl)s1. The van der Waals surface area contributed by atoms with Gasteiger partial charge in [-0.3, -0.25) is 4.79 Å². The summed E-state index contributed by atoms with van der Waals surface area (Å²) < 4.78 is 5.48. The van der Waals surface area contributed by atoms with Gasteiger partial charge in [0.05, 0.1) is 17.5 Å². The number of carboxylic acid groups (broad SMARTS) is 1. The average molecular weight is 307 g/mol. The lowest BCUT2D eigenvalue weighted by molar-refractivity contribution is -0.137. The average Bonchev–Trinajstić information content (AvgIpc) is 2.77. The molecule has 1 aromatic rings. The van der Waals surface area contributed by atoms with Gasteiger partial charge in [0.25, 0.3) is 0 Å². The monoisotopic (exact) mass is 306 g/mol. The van der Waals surface area contributed by atoms with Crippen molar-refractivity contribution in [3.63, 3.8) is 0 Å². The highest BCUT2D eigenvalue weighted by Crippen LogP contribution is 2.20. The molecule has 0 spiro atoms. The minimum atomic E-state index is -1.06. The van der Waals surface area contributed by atoms with Crippen LogP contribution in [0.15, 0.2) is 12.1 Å². The highest BCUT2D eigenvalue weighted by molar-refractivity contribution is 7.16. The molecule has 1 rings (SSSR count). The minimum absolute atomic E-state index is 0.222. The van der Waals surface area contributed by atoms with Crippen molar-refractivity contribution in [3.8, 4) is 0 Å². The fourth-order valence-corrected chi connectivity index (χ4v) is 2.37. The first-order valence-corrected chi connectivity index (χ1v) is 6.70. The van der Waals surface area contributed by atoms with Crippen molar-refractivity contribution < 1.29 is 19.4 Å². The lowest BCUT2D eigenvalue weighted by Crippen LogP contribution is -2.43. The van der Waals surface area contributed by atoms with Gasteiger partial charge >= 0.3 is 12.0 Å². The van der Waals surface area contributed by atoms with E-state index in [1.165, 1.54) is 23.3 Å². The molecular weight excluding hydrogens is 292 g/mol. The molecule has 8 heteroatoms. The molecule has 2 N–H and O–H groups in total. The quantitative estimate of drug-likeness (QED) is 0.803. The molecule has 0 fully saturated rings. The van der Waals surface area contributed by atoms with Crippen molar-refractivity contribution >= 4 is 34.9 Å². The molecule has 0 aliphatic rings. The maximum Gasteiger partial charge on any atom is 0.323 e. The largest absolute Gasteiger partial charge is 0.480 e. The van der Waals surface area contributed by atoms with Crippen molar-refractivity contribution in [2.45, 2.75) is 6.54 Å². The molecule has 0 bridgehead atoms. The molecular formula is C11H15ClN2O4S. The lowest BCUT2D eigenvalue weighted by atomic mass is 10.4. The normalized spacial score (nSPS) is 10.2. The summed E-state index contributed by atoms with van der Waals surface area (Å²) in [6, 6.07) is 3.11. The molecule has 0 saturated heterocycles. The van der Waals surface area contributed by atoms with Gasteiger partial charge in [-0.25, -0.2) is 4.79 Å². The third-order valence-electron chi connectivity index (χ3n) is 2.22. The molecule has 0 aliphatic heterocycles. The van der Waals surface area contributed by atoms with Gasteiger partial charge in [0.2, 0.25) is 0 Å². The second-order valence-corrected chi connectivity index (χ2v) is 5.47. The van der Waals surface area contributed by atoms with Crippen molar-refractivity contribution in [1.29, 1.82) is 0 Å². The van der Waals surface area contributed by atoms with Crippen LogP contribution in [0.3, 0.4) is 0 Å². The van der Waals surface area contributed by atoms with Crippen LogP contribution in [0.4, 0.5) is 4.79 Å². The highest BCUT2D eigenvalue weighted by atomic mass is 35.5. The third-order valence-corrected chi connectivity index (χ3v) is 3.45. The molecule has 106 valence electrons. The number of carboxylic acids is 1. The number of amides is 2. The molecule has 0 atom stereocenters. The van der Waals surface area contributed by atoms with Gasteiger partial charge in [-0.15, -0.1) is 11.3 Å². The molecule has 0 aromatic carbocycles. The predicted molar refractivity (Wildman–Crippen MR) is 72.6 cm³/mol. The van der Waals surface area contributed by atoms with Gasteiger partial charge in [0.15, 0.2) is 0 Å². The second kappa shape index (κ2) is 7.98. The molecule has 0 radical (unpaired) electrons. The predicted octanol–water partition coefficient (Wildman–Crippen LogP) is 1.64. The van der Waals surface area contributed by atoms with E-state index in [0.717, 1.165) is 4.88 Å². The van der Waals surface area contributed by atoms with E-state index >= 15 is 0 Å². The van der Waals surface area contributed by atoms with Crippen LogP contribution in [-0.4, -0.2) is 48.8 Å². The number of methoxy groups -OCH3 is 1. The lowest BCUT2D eigenvalue weighted by Gasteiger charge is -2.20. The molecule has 19 heavy (non-hydrogen) atoms. The number of hydrogen-bond donors (Lipinski definition) is 2. The van der Waals surface area contributed by atoms with Crippen LogP contribution < -0.4 is 5.32 Å². The summed E-state index contributed by atoms with van der Waals surface area (Å²) in [6.07, 6.45) is 0. The molecule has 1 aromatic heterocycles. The maximum atomic E-state index is 11.8. The summed E-state index contributed by atoms with van der Waals surface area (Å²) in [5.74, 6) is -1.06. The van der Waals surface area contributed by atoms with Crippen LogP contribution in [-0.2, 0) is 16.1 Å². The molecule has 2 amide bonds. The Hall–Kier alpha value is -1.31. The number of urea groups is 1. The van der Waals surface area contributed by atoms with Crippen LogP contribution in [0.2, 0.25) is 4.34 Å². The zero-order chi connectivity index (χ0) is 14.3. The van der Waals surface area contributed by atoms with E-state index in [1.807, 2.05) is 6.07 Å². The highest BCUT2D eigenvalue weighted by Gasteiger charge is 2.16. The van der Waals surface area contributed by atoms with Crippen LogP contribution in [0.5, 0.6) is 0 Å². The molecule has 0 unspecified atom stereocenters. The topological polar surface area (TPSA) is 78.9 Å². The van der Waals surface area contributed by atoms with Gasteiger partial charge in [-0.2, -0.15) is 0 Å². The van der Waals surface area contributed by atoms with Crippen LogP contribution in [0, 0.1) is 0 Å². The summed E-state index contributed by atoms with van der Waals surface area (Å²) in [6.45, 7) is 0.463. The number of nitrogens with zero attached hydrogens (tertiary/aromatic N) is 1. The summed E-state index contributed by atoms with van der Waals surface area (Å²) in [7, 11) is 1.49. The van der Waals surface area contributed by atoms with E-state index in [9.17, 15) is 9.59 Å². The maximum absolute atomic E-state index is 11.8. The number of halogens is 1. The van der Waals surface area contributed by atoms with Crippen LogP contribution in [0.25, 0.3) is 0 Å². The number of ether oxygens (including phenoxy) is 1. The minimum Gasteiger partial charge on any atom is -0.480 e. The summed E-state index contributed by atoms with van der Waals surface area (Å²) in [5, 5.41) is 11.4. The van der Waals surface area contributed by atoms with Crippen molar-refractivity contribution in [1.82, 2.24) is 10.2 Å². The van der Waals surface area contributed by atoms with E-state index in [1.54, 1.807) is 6.07 Å². The number of aliphatic carboxylic acids is 1. The van der Waals surface area contributed by atoms with Crippen LogP contribution >= 0.6 is 22.9 Å². The van der Waals surface area contributed by atoms with Gasteiger partial charge in [0.1, 0.15) is 6.54 Å². The second-order valence-electron chi connectivity index (χ2n) is 3.67. The van der Waals surface area contributed by atoms with Crippen molar-refractivity contribution in [2.75, 3.05) is 26.8 Å². The zero-order valence-electron chi connectivity index (χ0n) is 10.4. The number of rotatable bonds is 7. The molecule has 6 nitrogen and oxygen atoms in total. The fourth-order valence-electron chi connectivity index (χ4n) is 1.34. The van der Waals surface area contributed by atoms with E-state index < -0.39 is 12.0 Å². The standard InChI is InChI=1S/C11H15ClN2O4S/c1-18-5-4-14(7-10(15)16)11(17)13-6-8-2-3-9(12)19-8/h2-3H,4-7H2,1H3,(H,13,17)(H,15,16). The Labute approximate surface area is 119 Å². The van der Waals surface area contributed by atoms with Gasteiger partial charge in [0, 0.05) is 18.5 Å². The smallest absolute Gasteiger partial charge is 0.323 e. The van der Waals surface area contributed by atoms with Gasteiger partial charge in [-0.1, -0.05) is 11.6 Å². The number of nitrogens with one attached hydrogen (secondary N) is 1. The molecule has 0 saturated carbocycles. The third kappa shape index (κ3) is 5.91. The zero-order valence-corrected chi connectivity index (χ0v) is 12.0. The van der Waals surface area contributed by atoms with Crippen LogP contribution in [0.1, 0.15) is 4.88 Å².